The normalized spacial score (nSPS) is 16.1. The van der Waals surface area contributed by atoms with Crippen LogP contribution in [-0.4, -0.2) is 44.5 Å². The van der Waals surface area contributed by atoms with Gasteiger partial charge >= 0.3 is 6.18 Å². The molecule has 0 radical (unpaired) electrons. The summed E-state index contributed by atoms with van der Waals surface area (Å²) < 4.78 is 43.9. The smallest absolute Gasteiger partial charge is 0.416 e. The number of halogens is 3. The highest BCUT2D eigenvalue weighted by Gasteiger charge is 2.36. The van der Waals surface area contributed by atoms with Crippen molar-refractivity contribution >= 4 is 23.4 Å². The van der Waals surface area contributed by atoms with E-state index < -0.39 is 29.5 Å². The van der Waals surface area contributed by atoms with Crippen LogP contribution in [0.1, 0.15) is 22.3 Å². The Kier molecular flexibility index (Phi) is 7.01. The topological polar surface area (TPSA) is 87.7 Å². The van der Waals surface area contributed by atoms with E-state index in [1.165, 1.54) is 24.1 Å². The molecule has 2 aromatic rings. The van der Waals surface area contributed by atoms with E-state index in [1.54, 1.807) is 24.3 Å². The van der Waals surface area contributed by atoms with E-state index in [-0.39, 0.29) is 37.6 Å². The van der Waals surface area contributed by atoms with Crippen molar-refractivity contribution in [2.45, 2.75) is 12.6 Å². The number of nitrogens with one attached hydrogen (secondary N) is 2. The van der Waals surface area contributed by atoms with Crippen LogP contribution in [0, 0.1) is 5.92 Å². The molecule has 1 fully saturated rings. The van der Waals surface area contributed by atoms with E-state index in [0.29, 0.717) is 11.3 Å². The molecular weight excluding hydrogens is 427 g/mol. The van der Waals surface area contributed by atoms with Gasteiger partial charge in [-0.15, -0.1) is 0 Å². The van der Waals surface area contributed by atoms with Crippen molar-refractivity contribution in [1.82, 2.24) is 10.6 Å². The lowest BCUT2D eigenvalue weighted by molar-refractivity contribution is -0.137. The summed E-state index contributed by atoms with van der Waals surface area (Å²) >= 11 is 0. The summed E-state index contributed by atoms with van der Waals surface area (Å²) in [5, 5.41) is 5.31. The number of methoxy groups -OCH3 is 1. The van der Waals surface area contributed by atoms with Gasteiger partial charge in [0.25, 0.3) is 5.91 Å². The third-order valence-corrected chi connectivity index (χ3v) is 5.02. The molecule has 32 heavy (non-hydrogen) atoms. The highest BCUT2D eigenvalue weighted by molar-refractivity contribution is 6.00. The molecule has 0 saturated carbocycles. The first kappa shape index (κ1) is 23.1. The van der Waals surface area contributed by atoms with Crippen molar-refractivity contribution in [3.8, 4) is 5.75 Å². The van der Waals surface area contributed by atoms with Crippen molar-refractivity contribution in [3.63, 3.8) is 0 Å². The minimum absolute atomic E-state index is 0.0118. The highest BCUT2D eigenvalue weighted by Crippen LogP contribution is 2.33. The number of carbonyl (C=O) groups is 3. The Bertz CT molecular complexity index is 1010. The van der Waals surface area contributed by atoms with E-state index in [2.05, 4.69) is 10.6 Å². The van der Waals surface area contributed by atoms with Gasteiger partial charge in [-0.3, -0.25) is 14.4 Å². The second-order valence-electron chi connectivity index (χ2n) is 7.23. The number of amides is 3. The first-order valence-corrected chi connectivity index (χ1v) is 9.86. The molecule has 2 aromatic carbocycles. The minimum Gasteiger partial charge on any atom is -0.497 e. The highest BCUT2D eigenvalue weighted by atomic mass is 19.4. The number of rotatable bonds is 7. The van der Waals surface area contributed by atoms with Crippen LogP contribution in [0.4, 0.5) is 18.9 Å². The summed E-state index contributed by atoms with van der Waals surface area (Å²) in [5.41, 5.74) is -0.345. The first-order valence-electron chi connectivity index (χ1n) is 9.86. The molecule has 0 aliphatic carbocycles. The average Bonchev–Trinajstić information content (AvgIpc) is 3.17. The molecule has 7 nitrogen and oxygen atoms in total. The summed E-state index contributed by atoms with van der Waals surface area (Å²) in [5.74, 6) is -1.29. The molecule has 2 N–H and O–H groups in total. The maximum absolute atomic E-state index is 12.9. The molecule has 3 amide bonds. The Balaban J connectivity index is 1.49. The number of benzene rings is 2. The predicted molar refractivity (Wildman–Crippen MR) is 110 cm³/mol. The van der Waals surface area contributed by atoms with Crippen LogP contribution in [0.3, 0.4) is 0 Å². The molecule has 0 bridgehead atoms. The van der Waals surface area contributed by atoms with Crippen LogP contribution in [0.5, 0.6) is 5.75 Å². The number of ether oxygens (including phenoxy) is 1. The van der Waals surface area contributed by atoms with Gasteiger partial charge < -0.3 is 20.3 Å². The summed E-state index contributed by atoms with van der Waals surface area (Å²) in [6.45, 7) is 0.296. The molecule has 1 aliphatic rings. The standard InChI is InChI=1S/C22H22F3N3O4/c1-32-18-7-2-4-14(10-18)20(30)26-8-9-27-21(31)15-11-19(29)28(13-15)17-6-3-5-16(12-17)22(23,24)25/h2-7,10,12,15H,8-9,11,13H2,1H3,(H,26,30)(H,27,31)/t15-/m1/s1. The van der Waals surface area contributed by atoms with Gasteiger partial charge in [-0.2, -0.15) is 13.2 Å². The Labute approximate surface area is 182 Å². The summed E-state index contributed by atoms with van der Waals surface area (Å²) in [6, 6.07) is 11.1. The molecule has 1 heterocycles. The lowest BCUT2D eigenvalue weighted by Crippen LogP contribution is -2.38. The summed E-state index contributed by atoms with van der Waals surface area (Å²) in [4.78, 5) is 38.0. The van der Waals surface area contributed by atoms with E-state index in [1.807, 2.05) is 0 Å². The Hall–Kier alpha value is -3.56. The van der Waals surface area contributed by atoms with Crippen molar-refractivity contribution < 1.29 is 32.3 Å². The third kappa shape index (κ3) is 5.57. The van der Waals surface area contributed by atoms with Crippen molar-refractivity contribution in [2.75, 3.05) is 31.6 Å². The van der Waals surface area contributed by atoms with Gasteiger partial charge in [-0.1, -0.05) is 12.1 Å². The van der Waals surface area contributed by atoms with Gasteiger partial charge in [0.15, 0.2) is 0 Å². The molecule has 0 unspecified atom stereocenters. The third-order valence-electron chi connectivity index (χ3n) is 5.02. The molecule has 0 aromatic heterocycles. The molecule has 1 atom stereocenters. The fraction of sp³-hybridized carbons (Fsp3) is 0.318. The van der Waals surface area contributed by atoms with Crippen LogP contribution < -0.4 is 20.3 Å². The molecule has 3 rings (SSSR count). The number of hydrogen-bond acceptors (Lipinski definition) is 4. The summed E-state index contributed by atoms with van der Waals surface area (Å²) in [6.07, 6.45) is -4.62. The van der Waals surface area contributed by atoms with Gasteiger partial charge in [0.05, 0.1) is 18.6 Å². The maximum atomic E-state index is 12.9. The maximum Gasteiger partial charge on any atom is 0.416 e. The van der Waals surface area contributed by atoms with Crippen LogP contribution in [0.15, 0.2) is 48.5 Å². The monoisotopic (exact) mass is 449 g/mol. The zero-order chi connectivity index (χ0) is 23.3. The van der Waals surface area contributed by atoms with E-state index in [9.17, 15) is 27.6 Å². The Morgan fingerprint density at radius 2 is 1.81 bits per heavy atom. The number of anilines is 1. The summed E-state index contributed by atoms with van der Waals surface area (Å²) in [7, 11) is 1.49. The van der Waals surface area contributed by atoms with Gasteiger partial charge in [-0.05, 0) is 36.4 Å². The van der Waals surface area contributed by atoms with Gasteiger partial charge in [0, 0.05) is 37.3 Å². The molecule has 170 valence electrons. The minimum atomic E-state index is -4.52. The van der Waals surface area contributed by atoms with Gasteiger partial charge in [-0.25, -0.2) is 0 Å². The molecule has 0 spiro atoms. The fourth-order valence-electron chi connectivity index (χ4n) is 3.36. The Morgan fingerprint density at radius 3 is 2.53 bits per heavy atom. The van der Waals surface area contributed by atoms with E-state index in [0.717, 1.165) is 12.1 Å². The number of nitrogens with zero attached hydrogens (tertiary/aromatic N) is 1. The second kappa shape index (κ2) is 9.71. The van der Waals surface area contributed by atoms with Crippen molar-refractivity contribution in [1.29, 1.82) is 0 Å². The molecule has 1 aliphatic heterocycles. The number of alkyl halides is 3. The SMILES string of the molecule is COc1cccc(C(=O)NCCNC(=O)[C@@H]2CC(=O)N(c3cccc(C(F)(F)F)c3)C2)c1. The zero-order valence-electron chi connectivity index (χ0n) is 17.2. The van der Waals surface area contributed by atoms with Crippen LogP contribution >= 0.6 is 0 Å². The fourth-order valence-corrected chi connectivity index (χ4v) is 3.36. The Morgan fingerprint density at radius 1 is 1.09 bits per heavy atom. The average molecular weight is 449 g/mol. The quantitative estimate of drug-likeness (QED) is 0.637. The molecular formula is C22H22F3N3O4. The van der Waals surface area contributed by atoms with Crippen LogP contribution in [-0.2, 0) is 15.8 Å². The molecule has 10 heteroatoms. The number of carbonyl (C=O) groups excluding carboxylic acids is 3. The van der Waals surface area contributed by atoms with Crippen molar-refractivity contribution in [3.05, 3.63) is 59.7 Å². The van der Waals surface area contributed by atoms with E-state index >= 15 is 0 Å². The largest absolute Gasteiger partial charge is 0.497 e. The van der Waals surface area contributed by atoms with Crippen LogP contribution in [0.25, 0.3) is 0 Å². The first-order chi connectivity index (χ1) is 15.2. The van der Waals surface area contributed by atoms with Gasteiger partial charge in [0.1, 0.15) is 5.75 Å². The van der Waals surface area contributed by atoms with Gasteiger partial charge in [0.2, 0.25) is 11.8 Å². The lowest BCUT2D eigenvalue weighted by atomic mass is 10.1. The predicted octanol–water partition coefficient (Wildman–Crippen LogP) is 2.61. The van der Waals surface area contributed by atoms with Crippen molar-refractivity contribution in [2.24, 2.45) is 5.92 Å². The lowest BCUT2D eigenvalue weighted by Gasteiger charge is -2.18. The second-order valence-corrected chi connectivity index (χ2v) is 7.23. The van der Waals surface area contributed by atoms with Crippen LogP contribution in [0.2, 0.25) is 0 Å². The molecule has 1 saturated heterocycles. The zero-order valence-corrected chi connectivity index (χ0v) is 17.2. The number of hydrogen-bond donors (Lipinski definition) is 2. The van der Waals surface area contributed by atoms with E-state index in [4.69, 9.17) is 4.74 Å².